The van der Waals surface area contributed by atoms with Crippen LogP contribution in [0.15, 0.2) is 15.2 Å². The largest absolute Gasteiger partial charge is 0.298 e. The Morgan fingerprint density at radius 1 is 1.60 bits per heavy atom. The lowest BCUT2D eigenvalue weighted by Gasteiger charge is -2.23. The van der Waals surface area contributed by atoms with E-state index >= 15 is 0 Å². The molecule has 0 bridgehead atoms. The summed E-state index contributed by atoms with van der Waals surface area (Å²) < 4.78 is 0.958. The van der Waals surface area contributed by atoms with Crippen molar-refractivity contribution in [2.75, 3.05) is 18.4 Å². The van der Waals surface area contributed by atoms with Crippen LogP contribution in [0.4, 0.5) is 5.13 Å². The Hall–Kier alpha value is -0.760. The molecule has 0 radical (unpaired) electrons. The molecule has 1 amide bonds. The fraction of sp³-hybridized carbons (Fsp3) is 0.385. The van der Waals surface area contributed by atoms with Crippen molar-refractivity contribution in [1.82, 2.24) is 9.88 Å². The summed E-state index contributed by atoms with van der Waals surface area (Å²) in [5, 5.41) is 5.45. The van der Waals surface area contributed by atoms with Crippen LogP contribution in [-0.4, -0.2) is 28.9 Å². The molecule has 3 rings (SSSR count). The smallest absolute Gasteiger partial charge is 0.258 e. The molecular weight excluding hydrogens is 358 g/mol. The molecule has 4 nitrogen and oxygen atoms in total. The molecule has 0 atom stereocenters. The van der Waals surface area contributed by atoms with Gasteiger partial charge in [-0.1, -0.05) is 6.92 Å². The summed E-state index contributed by atoms with van der Waals surface area (Å²) in [6.45, 7) is 5.23. The number of amides is 1. The molecule has 1 aliphatic rings. The van der Waals surface area contributed by atoms with Crippen molar-refractivity contribution in [3.63, 3.8) is 0 Å². The summed E-state index contributed by atoms with van der Waals surface area (Å²) in [5.74, 6) is -0.0922. The average Bonchev–Trinajstić information content (AvgIpc) is 3.03. The highest BCUT2D eigenvalue weighted by molar-refractivity contribution is 9.11. The van der Waals surface area contributed by atoms with Crippen molar-refractivity contribution >= 4 is 49.6 Å². The summed E-state index contributed by atoms with van der Waals surface area (Å²) in [4.78, 5) is 20.3. The molecule has 7 heteroatoms. The van der Waals surface area contributed by atoms with Crippen LogP contribution in [0.3, 0.4) is 0 Å². The predicted octanol–water partition coefficient (Wildman–Crippen LogP) is 3.60. The molecule has 0 saturated heterocycles. The second kappa shape index (κ2) is 5.93. The first-order chi connectivity index (χ1) is 9.65. The predicted molar refractivity (Wildman–Crippen MR) is 86.7 cm³/mol. The maximum absolute atomic E-state index is 12.1. The van der Waals surface area contributed by atoms with E-state index in [1.54, 1.807) is 11.3 Å². The molecule has 106 valence electrons. The van der Waals surface area contributed by atoms with E-state index in [0.717, 1.165) is 35.5 Å². The average molecular weight is 372 g/mol. The van der Waals surface area contributed by atoms with Gasteiger partial charge in [0.15, 0.2) is 5.13 Å². The molecule has 20 heavy (non-hydrogen) atoms. The fourth-order valence-corrected chi connectivity index (χ4v) is 4.35. The van der Waals surface area contributed by atoms with Crippen LogP contribution in [0, 0.1) is 0 Å². The minimum atomic E-state index is -0.0922. The van der Waals surface area contributed by atoms with Crippen molar-refractivity contribution in [3.8, 4) is 0 Å². The second-order valence-corrected chi connectivity index (χ2v) is 7.98. The van der Waals surface area contributed by atoms with E-state index in [2.05, 4.69) is 38.1 Å². The van der Waals surface area contributed by atoms with Gasteiger partial charge in [-0.3, -0.25) is 15.0 Å². The fourth-order valence-electron chi connectivity index (χ4n) is 2.17. The quantitative estimate of drug-likeness (QED) is 0.896. The summed E-state index contributed by atoms with van der Waals surface area (Å²) >= 11 is 6.46. The SMILES string of the molecule is CCN1CCc2nc(NC(=O)c3csc(Br)c3)sc2C1. The standard InChI is InChI=1S/C13H14BrN3OS2/c1-2-17-4-3-9-10(6-17)20-13(15-9)16-12(18)8-5-11(14)19-7-8/h5,7H,2-4,6H2,1H3,(H,15,16,18). The summed E-state index contributed by atoms with van der Waals surface area (Å²) in [6, 6.07) is 1.83. The lowest BCUT2D eigenvalue weighted by Crippen LogP contribution is -2.29. The lowest BCUT2D eigenvalue weighted by atomic mass is 10.2. The highest BCUT2D eigenvalue weighted by atomic mass is 79.9. The van der Waals surface area contributed by atoms with E-state index in [1.807, 2.05) is 11.4 Å². The van der Waals surface area contributed by atoms with Gasteiger partial charge in [-0.15, -0.1) is 22.7 Å². The Balaban J connectivity index is 1.73. The van der Waals surface area contributed by atoms with Crippen molar-refractivity contribution in [2.24, 2.45) is 0 Å². The molecule has 0 saturated carbocycles. The van der Waals surface area contributed by atoms with Gasteiger partial charge in [0.1, 0.15) is 0 Å². The van der Waals surface area contributed by atoms with Gasteiger partial charge in [0.25, 0.3) is 5.91 Å². The first-order valence-electron chi connectivity index (χ1n) is 6.42. The molecule has 3 heterocycles. The van der Waals surface area contributed by atoms with Gasteiger partial charge < -0.3 is 0 Å². The zero-order chi connectivity index (χ0) is 14.1. The Labute approximate surface area is 134 Å². The number of halogens is 1. The van der Waals surface area contributed by atoms with Crippen LogP contribution in [0.5, 0.6) is 0 Å². The zero-order valence-electron chi connectivity index (χ0n) is 11.0. The molecule has 1 aliphatic heterocycles. The minimum absolute atomic E-state index is 0.0922. The molecule has 0 fully saturated rings. The number of fused-ring (bicyclic) bond motifs is 1. The normalized spacial score (nSPS) is 15.1. The number of thiazole rings is 1. The van der Waals surface area contributed by atoms with Crippen molar-refractivity contribution < 1.29 is 4.79 Å². The van der Waals surface area contributed by atoms with Gasteiger partial charge in [0, 0.05) is 29.8 Å². The number of nitrogens with one attached hydrogen (secondary N) is 1. The van der Waals surface area contributed by atoms with E-state index in [-0.39, 0.29) is 5.91 Å². The number of thiophene rings is 1. The Kier molecular flexibility index (Phi) is 4.21. The van der Waals surface area contributed by atoms with E-state index in [4.69, 9.17) is 0 Å². The number of likely N-dealkylation sites (N-methyl/N-ethyl adjacent to an activating group) is 1. The number of aromatic nitrogens is 1. The van der Waals surface area contributed by atoms with Gasteiger partial charge in [-0.05, 0) is 28.5 Å². The molecule has 2 aromatic heterocycles. The monoisotopic (exact) mass is 371 g/mol. The van der Waals surface area contributed by atoms with Crippen LogP contribution < -0.4 is 5.32 Å². The maximum Gasteiger partial charge on any atom is 0.258 e. The van der Waals surface area contributed by atoms with E-state index in [0.29, 0.717) is 10.7 Å². The summed E-state index contributed by atoms with van der Waals surface area (Å²) in [5.41, 5.74) is 1.81. The number of anilines is 1. The van der Waals surface area contributed by atoms with Crippen molar-refractivity contribution in [2.45, 2.75) is 19.9 Å². The van der Waals surface area contributed by atoms with Gasteiger partial charge in [0.05, 0.1) is 15.0 Å². The number of rotatable bonds is 3. The topological polar surface area (TPSA) is 45.2 Å². The van der Waals surface area contributed by atoms with Gasteiger partial charge in [-0.25, -0.2) is 4.98 Å². The highest BCUT2D eigenvalue weighted by Gasteiger charge is 2.20. The van der Waals surface area contributed by atoms with E-state index < -0.39 is 0 Å². The van der Waals surface area contributed by atoms with Crippen LogP contribution in [0.25, 0.3) is 0 Å². The third-order valence-electron chi connectivity index (χ3n) is 3.31. The number of nitrogens with zero attached hydrogens (tertiary/aromatic N) is 2. The second-order valence-electron chi connectivity index (χ2n) is 4.60. The summed E-state index contributed by atoms with van der Waals surface area (Å²) in [7, 11) is 0. The van der Waals surface area contributed by atoms with Gasteiger partial charge in [0.2, 0.25) is 0 Å². The Morgan fingerprint density at radius 2 is 2.45 bits per heavy atom. The zero-order valence-corrected chi connectivity index (χ0v) is 14.2. The molecule has 0 spiro atoms. The number of hydrogen-bond acceptors (Lipinski definition) is 5. The first-order valence-corrected chi connectivity index (χ1v) is 8.91. The van der Waals surface area contributed by atoms with Crippen LogP contribution in [0.2, 0.25) is 0 Å². The number of hydrogen-bond donors (Lipinski definition) is 1. The molecule has 1 N–H and O–H groups in total. The first kappa shape index (κ1) is 14.2. The highest BCUT2D eigenvalue weighted by Crippen LogP contribution is 2.29. The number of carbonyl (C=O) groups is 1. The van der Waals surface area contributed by atoms with Crippen molar-refractivity contribution in [1.29, 1.82) is 0 Å². The Bertz CT molecular complexity index is 637. The third-order valence-corrected chi connectivity index (χ3v) is 5.81. The molecule has 0 unspecified atom stereocenters. The third kappa shape index (κ3) is 2.95. The molecular formula is C13H14BrN3OS2. The minimum Gasteiger partial charge on any atom is -0.298 e. The van der Waals surface area contributed by atoms with Crippen LogP contribution in [-0.2, 0) is 13.0 Å². The molecule has 0 aromatic carbocycles. The molecule has 0 aliphatic carbocycles. The van der Waals surface area contributed by atoms with Gasteiger partial charge in [-0.2, -0.15) is 0 Å². The van der Waals surface area contributed by atoms with Crippen molar-refractivity contribution in [3.05, 3.63) is 31.4 Å². The van der Waals surface area contributed by atoms with Gasteiger partial charge >= 0.3 is 0 Å². The van der Waals surface area contributed by atoms with E-state index in [9.17, 15) is 4.79 Å². The Morgan fingerprint density at radius 3 is 3.15 bits per heavy atom. The van der Waals surface area contributed by atoms with E-state index in [1.165, 1.54) is 16.2 Å². The molecule has 2 aromatic rings. The van der Waals surface area contributed by atoms with Crippen LogP contribution >= 0.6 is 38.6 Å². The van der Waals surface area contributed by atoms with Crippen LogP contribution in [0.1, 0.15) is 27.9 Å². The lowest BCUT2D eigenvalue weighted by molar-refractivity contribution is 0.102. The maximum atomic E-state index is 12.1. The number of carbonyl (C=O) groups excluding carboxylic acids is 1. The summed E-state index contributed by atoms with van der Waals surface area (Å²) in [6.07, 6.45) is 0.972.